The standard InChI is InChI=1S/C22H24FN5O2S2/c23-18-11-5-4-10-17(18)21(30)26-25-20(29)14-32-22-27-24-19(13-16-9-6-12-31-16)28(22)15-7-2-1-3-8-15/h4-6,9-12,15H,1-3,7-8,13-14H2,(H,25,29)(H,26,30). The van der Waals surface area contributed by atoms with Crippen molar-refractivity contribution in [2.45, 2.75) is 49.7 Å². The van der Waals surface area contributed by atoms with Gasteiger partial charge in [0.25, 0.3) is 5.91 Å². The Morgan fingerprint density at radius 2 is 1.91 bits per heavy atom. The minimum atomic E-state index is -0.704. The number of thioether (sulfide) groups is 1. The van der Waals surface area contributed by atoms with E-state index in [0.717, 1.165) is 18.7 Å². The zero-order valence-electron chi connectivity index (χ0n) is 17.4. The molecule has 0 saturated heterocycles. The van der Waals surface area contributed by atoms with Crippen LogP contribution in [-0.4, -0.2) is 32.3 Å². The molecule has 2 N–H and O–H groups in total. The molecule has 1 aliphatic carbocycles. The monoisotopic (exact) mass is 473 g/mol. The number of carbonyl (C=O) groups excluding carboxylic acids is 2. The van der Waals surface area contributed by atoms with Gasteiger partial charge in [-0.3, -0.25) is 20.4 Å². The summed E-state index contributed by atoms with van der Waals surface area (Å²) in [5.74, 6) is -0.785. The van der Waals surface area contributed by atoms with E-state index in [0.29, 0.717) is 17.6 Å². The molecule has 1 aromatic carbocycles. The zero-order chi connectivity index (χ0) is 22.3. The molecule has 2 heterocycles. The summed E-state index contributed by atoms with van der Waals surface area (Å²) in [4.78, 5) is 25.6. The Hall–Kier alpha value is -2.72. The lowest BCUT2D eigenvalue weighted by atomic mass is 9.95. The van der Waals surface area contributed by atoms with Crippen LogP contribution in [0.4, 0.5) is 4.39 Å². The van der Waals surface area contributed by atoms with Gasteiger partial charge in [-0.2, -0.15) is 0 Å². The van der Waals surface area contributed by atoms with Crippen molar-refractivity contribution < 1.29 is 14.0 Å². The van der Waals surface area contributed by atoms with Crippen LogP contribution >= 0.6 is 23.1 Å². The summed E-state index contributed by atoms with van der Waals surface area (Å²) in [5.41, 5.74) is 4.47. The molecule has 3 aromatic rings. The number of thiophene rings is 1. The molecule has 2 amide bonds. The number of halogens is 1. The van der Waals surface area contributed by atoms with Crippen molar-refractivity contribution in [3.05, 3.63) is 63.9 Å². The van der Waals surface area contributed by atoms with E-state index in [9.17, 15) is 14.0 Å². The number of hydrogen-bond donors (Lipinski definition) is 2. The van der Waals surface area contributed by atoms with Gasteiger partial charge in [-0.1, -0.05) is 49.2 Å². The van der Waals surface area contributed by atoms with E-state index in [1.807, 2.05) is 11.4 Å². The molecule has 0 aliphatic heterocycles. The zero-order valence-corrected chi connectivity index (χ0v) is 19.1. The number of benzene rings is 1. The van der Waals surface area contributed by atoms with Crippen LogP contribution in [0.1, 0.15) is 59.2 Å². The average molecular weight is 474 g/mol. The first-order valence-electron chi connectivity index (χ1n) is 10.5. The number of nitrogens with one attached hydrogen (secondary N) is 2. The normalized spacial score (nSPS) is 14.3. The molecule has 0 unspecified atom stereocenters. The van der Waals surface area contributed by atoms with Gasteiger partial charge < -0.3 is 4.57 Å². The second kappa shape index (κ2) is 10.7. The lowest BCUT2D eigenvalue weighted by Crippen LogP contribution is -2.42. The van der Waals surface area contributed by atoms with Crippen molar-refractivity contribution in [3.63, 3.8) is 0 Å². The predicted octanol–water partition coefficient (Wildman–Crippen LogP) is 4.13. The minimum absolute atomic E-state index is 0.0570. The number of rotatable bonds is 7. The van der Waals surface area contributed by atoms with E-state index in [1.54, 1.807) is 17.4 Å². The molecule has 1 saturated carbocycles. The molecule has 7 nitrogen and oxygen atoms in total. The van der Waals surface area contributed by atoms with Gasteiger partial charge in [0.1, 0.15) is 11.6 Å². The van der Waals surface area contributed by atoms with Gasteiger partial charge in [0.2, 0.25) is 5.91 Å². The van der Waals surface area contributed by atoms with E-state index in [2.05, 4.69) is 31.7 Å². The molecule has 1 fully saturated rings. The molecule has 168 valence electrons. The predicted molar refractivity (Wildman–Crippen MR) is 122 cm³/mol. The van der Waals surface area contributed by atoms with Crippen molar-refractivity contribution in [2.75, 3.05) is 5.75 Å². The van der Waals surface area contributed by atoms with Crippen LogP contribution in [0, 0.1) is 5.82 Å². The van der Waals surface area contributed by atoms with Crippen molar-refractivity contribution >= 4 is 34.9 Å². The third-order valence-corrected chi connectivity index (χ3v) is 7.17. The number of nitrogens with zero attached hydrogens (tertiary/aromatic N) is 3. The number of amides is 2. The van der Waals surface area contributed by atoms with E-state index >= 15 is 0 Å². The quantitative estimate of drug-likeness (QED) is 0.398. The Labute approximate surface area is 193 Å². The van der Waals surface area contributed by atoms with Crippen LogP contribution in [0.5, 0.6) is 0 Å². The maximum Gasteiger partial charge on any atom is 0.272 e. The maximum atomic E-state index is 13.7. The number of aromatic nitrogens is 3. The molecule has 0 radical (unpaired) electrons. The highest BCUT2D eigenvalue weighted by molar-refractivity contribution is 7.99. The van der Waals surface area contributed by atoms with Crippen LogP contribution < -0.4 is 10.9 Å². The van der Waals surface area contributed by atoms with Crippen molar-refractivity contribution in [1.29, 1.82) is 0 Å². The Bertz CT molecular complexity index is 1060. The molecule has 4 rings (SSSR count). The Morgan fingerprint density at radius 1 is 1.09 bits per heavy atom. The van der Waals surface area contributed by atoms with Gasteiger partial charge in [-0.15, -0.1) is 21.5 Å². The van der Waals surface area contributed by atoms with Gasteiger partial charge >= 0.3 is 0 Å². The van der Waals surface area contributed by atoms with Crippen molar-refractivity contribution in [1.82, 2.24) is 25.6 Å². The van der Waals surface area contributed by atoms with Gasteiger partial charge in [-0.05, 0) is 36.4 Å². The molecule has 32 heavy (non-hydrogen) atoms. The number of hydrogen-bond acceptors (Lipinski definition) is 6. The van der Waals surface area contributed by atoms with Crippen molar-refractivity contribution in [3.8, 4) is 0 Å². The van der Waals surface area contributed by atoms with Crippen LogP contribution in [0.15, 0.2) is 46.9 Å². The number of hydrazine groups is 1. The number of carbonyl (C=O) groups is 2. The average Bonchev–Trinajstić information content (AvgIpc) is 3.47. The van der Waals surface area contributed by atoms with Gasteiger partial charge in [0.15, 0.2) is 5.16 Å². The maximum absolute atomic E-state index is 13.7. The first-order chi connectivity index (χ1) is 15.6. The fourth-order valence-electron chi connectivity index (χ4n) is 3.81. The third-order valence-electron chi connectivity index (χ3n) is 5.35. The first-order valence-corrected chi connectivity index (χ1v) is 12.4. The SMILES string of the molecule is O=C(CSc1nnc(Cc2cccs2)n1C1CCCCC1)NNC(=O)c1ccccc1F. The summed E-state index contributed by atoms with van der Waals surface area (Å²) in [6.45, 7) is 0. The summed E-state index contributed by atoms with van der Waals surface area (Å²) in [5, 5.41) is 11.5. The fourth-order valence-corrected chi connectivity index (χ4v) is 5.33. The van der Waals surface area contributed by atoms with Gasteiger partial charge in [-0.25, -0.2) is 4.39 Å². The molecule has 0 bridgehead atoms. The third kappa shape index (κ3) is 5.55. The largest absolute Gasteiger partial charge is 0.303 e. The van der Waals surface area contributed by atoms with E-state index in [1.165, 1.54) is 54.1 Å². The summed E-state index contributed by atoms with van der Waals surface area (Å²) in [6, 6.07) is 10.0. The highest BCUT2D eigenvalue weighted by Gasteiger charge is 2.24. The van der Waals surface area contributed by atoms with Crippen LogP contribution in [0.2, 0.25) is 0 Å². The highest BCUT2D eigenvalue weighted by Crippen LogP contribution is 2.33. The second-order valence-corrected chi connectivity index (χ2v) is 9.56. The lowest BCUT2D eigenvalue weighted by molar-refractivity contribution is -0.119. The van der Waals surface area contributed by atoms with E-state index < -0.39 is 17.6 Å². The summed E-state index contributed by atoms with van der Waals surface area (Å²) in [6.07, 6.45) is 6.46. The van der Waals surface area contributed by atoms with E-state index in [4.69, 9.17) is 0 Å². The molecular formula is C22H24FN5O2S2. The van der Waals surface area contributed by atoms with Crippen LogP contribution in [0.25, 0.3) is 0 Å². The van der Waals surface area contributed by atoms with E-state index in [-0.39, 0.29) is 11.3 Å². The fraction of sp³-hybridized carbons (Fsp3) is 0.364. The smallest absolute Gasteiger partial charge is 0.272 e. The second-order valence-electron chi connectivity index (χ2n) is 7.59. The minimum Gasteiger partial charge on any atom is -0.303 e. The van der Waals surface area contributed by atoms with Crippen LogP contribution in [0.3, 0.4) is 0 Å². The summed E-state index contributed by atoms with van der Waals surface area (Å²) < 4.78 is 15.9. The topological polar surface area (TPSA) is 88.9 Å². The molecule has 2 aromatic heterocycles. The first kappa shape index (κ1) is 22.5. The van der Waals surface area contributed by atoms with Crippen molar-refractivity contribution in [2.24, 2.45) is 0 Å². The summed E-state index contributed by atoms with van der Waals surface area (Å²) in [7, 11) is 0. The highest BCUT2D eigenvalue weighted by atomic mass is 32.2. The van der Waals surface area contributed by atoms with Crippen LogP contribution in [-0.2, 0) is 11.2 Å². The molecule has 0 spiro atoms. The van der Waals surface area contributed by atoms with Gasteiger partial charge in [0.05, 0.1) is 11.3 Å². The molecular weight excluding hydrogens is 449 g/mol. The lowest BCUT2D eigenvalue weighted by Gasteiger charge is -2.25. The summed E-state index contributed by atoms with van der Waals surface area (Å²) >= 11 is 2.98. The van der Waals surface area contributed by atoms with Gasteiger partial charge in [0, 0.05) is 17.3 Å². The molecule has 0 atom stereocenters. The Balaban J connectivity index is 1.38. The Morgan fingerprint density at radius 3 is 2.66 bits per heavy atom. The molecule has 1 aliphatic rings. The molecule has 10 heteroatoms. The Kier molecular flexibility index (Phi) is 7.54.